The van der Waals surface area contributed by atoms with Crippen LogP contribution in [0, 0.1) is 0 Å². The molecular weight excluding hydrogens is 100 g/mol. The van der Waals surface area contributed by atoms with Crippen LogP contribution in [0.2, 0.25) is 0 Å². The second kappa shape index (κ2) is 3.47. The van der Waals surface area contributed by atoms with Crippen LogP contribution >= 0.6 is 0 Å². The lowest BCUT2D eigenvalue weighted by molar-refractivity contribution is 0.436. The van der Waals surface area contributed by atoms with Crippen molar-refractivity contribution in [2.45, 2.75) is 20.3 Å². The van der Waals surface area contributed by atoms with Gasteiger partial charge in [0.15, 0.2) is 0 Å². The maximum absolute atomic E-state index is 4.15. The van der Waals surface area contributed by atoms with E-state index in [0.717, 1.165) is 6.42 Å². The van der Waals surface area contributed by atoms with E-state index in [1.807, 2.05) is 26.0 Å². The SMILES string of the molecule is CC/C(C)=N\N(C)C. The Hall–Kier alpha value is -0.530. The van der Waals surface area contributed by atoms with Gasteiger partial charge in [-0.05, 0) is 13.3 Å². The van der Waals surface area contributed by atoms with Crippen LogP contribution in [0.3, 0.4) is 0 Å². The minimum Gasteiger partial charge on any atom is -0.303 e. The molecule has 48 valence electrons. The summed E-state index contributed by atoms with van der Waals surface area (Å²) in [6.07, 6.45) is 1.04. The van der Waals surface area contributed by atoms with E-state index < -0.39 is 0 Å². The van der Waals surface area contributed by atoms with Gasteiger partial charge in [-0.2, -0.15) is 5.10 Å². The molecule has 8 heavy (non-hydrogen) atoms. The van der Waals surface area contributed by atoms with E-state index in [2.05, 4.69) is 12.0 Å². The van der Waals surface area contributed by atoms with Gasteiger partial charge in [-0.1, -0.05) is 6.92 Å². The summed E-state index contributed by atoms with van der Waals surface area (Å²) in [7, 11) is 3.86. The van der Waals surface area contributed by atoms with Crippen molar-refractivity contribution in [1.82, 2.24) is 5.01 Å². The summed E-state index contributed by atoms with van der Waals surface area (Å²) in [6, 6.07) is 0. The zero-order chi connectivity index (χ0) is 6.57. The molecule has 2 nitrogen and oxygen atoms in total. The summed E-state index contributed by atoms with van der Waals surface area (Å²) in [6.45, 7) is 4.13. The third-order valence-electron chi connectivity index (χ3n) is 0.882. The van der Waals surface area contributed by atoms with Gasteiger partial charge in [0.1, 0.15) is 0 Å². The van der Waals surface area contributed by atoms with Crippen molar-refractivity contribution in [3.63, 3.8) is 0 Å². The van der Waals surface area contributed by atoms with E-state index in [0.29, 0.717) is 0 Å². The molecule has 0 heterocycles. The highest BCUT2D eigenvalue weighted by atomic mass is 15.4. The Labute approximate surface area is 51.2 Å². The minimum atomic E-state index is 1.04. The van der Waals surface area contributed by atoms with E-state index in [9.17, 15) is 0 Å². The summed E-state index contributed by atoms with van der Waals surface area (Å²) in [5.41, 5.74) is 1.18. The first-order chi connectivity index (χ1) is 3.66. The Morgan fingerprint density at radius 2 is 2.00 bits per heavy atom. The van der Waals surface area contributed by atoms with Gasteiger partial charge in [0.25, 0.3) is 0 Å². The first-order valence-corrected chi connectivity index (χ1v) is 2.88. The van der Waals surface area contributed by atoms with Crippen LogP contribution in [0.25, 0.3) is 0 Å². The molecule has 0 atom stereocenters. The average molecular weight is 114 g/mol. The van der Waals surface area contributed by atoms with Crippen molar-refractivity contribution < 1.29 is 0 Å². The second-order valence-electron chi connectivity index (χ2n) is 2.04. The average Bonchev–Trinajstić information content (AvgIpc) is 1.65. The third kappa shape index (κ3) is 3.65. The van der Waals surface area contributed by atoms with Crippen LogP contribution in [-0.4, -0.2) is 24.8 Å². The number of rotatable bonds is 2. The van der Waals surface area contributed by atoms with Gasteiger partial charge in [0, 0.05) is 19.8 Å². The molecule has 2 heteroatoms. The van der Waals surface area contributed by atoms with E-state index >= 15 is 0 Å². The molecule has 0 aromatic carbocycles. The van der Waals surface area contributed by atoms with Gasteiger partial charge in [-0.15, -0.1) is 0 Å². The highest BCUT2D eigenvalue weighted by molar-refractivity contribution is 5.81. The van der Waals surface area contributed by atoms with Crippen molar-refractivity contribution in [2.75, 3.05) is 14.1 Å². The molecule has 0 aromatic rings. The Bertz CT molecular complexity index is 84.5. The van der Waals surface area contributed by atoms with Crippen LogP contribution in [0.5, 0.6) is 0 Å². The standard InChI is InChI=1S/C6H14N2/c1-5-6(2)7-8(3)4/h5H2,1-4H3/b7-6-. The molecule has 0 N–H and O–H groups in total. The Morgan fingerprint density at radius 1 is 1.50 bits per heavy atom. The van der Waals surface area contributed by atoms with Crippen LogP contribution < -0.4 is 0 Å². The van der Waals surface area contributed by atoms with Gasteiger partial charge in [0.2, 0.25) is 0 Å². The van der Waals surface area contributed by atoms with Crippen LogP contribution in [-0.2, 0) is 0 Å². The van der Waals surface area contributed by atoms with Crippen LogP contribution in [0.15, 0.2) is 5.10 Å². The van der Waals surface area contributed by atoms with E-state index in [1.165, 1.54) is 5.71 Å². The van der Waals surface area contributed by atoms with Crippen molar-refractivity contribution >= 4 is 5.71 Å². The van der Waals surface area contributed by atoms with E-state index in [4.69, 9.17) is 0 Å². The lowest BCUT2D eigenvalue weighted by atomic mass is 10.3. The van der Waals surface area contributed by atoms with Gasteiger partial charge in [-0.3, -0.25) is 0 Å². The van der Waals surface area contributed by atoms with Crippen molar-refractivity contribution in [3.8, 4) is 0 Å². The van der Waals surface area contributed by atoms with E-state index in [1.54, 1.807) is 0 Å². The zero-order valence-corrected chi connectivity index (χ0v) is 6.10. The summed E-state index contributed by atoms with van der Waals surface area (Å²) in [5.74, 6) is 0. The molecule has 0 aliphatic carbocycles. The largest absolute Gasteiger partial charge is 0.303 e. The fourth-order valence-corrected chi connectivity index (χ4v) is 0.412. The summed E-state index contributed by atoms with van der Waals surface area (Å²) < 4.78 is 0. The fourth-order valence-electron chi connectivity index (χ4n) is 0.412. The predicted octanol–water partition coefficient (Wildman–Crippen LogP) is 1.33. The third-order valence-corrected chi connectivity index (χ3v) is 0.882. The monoisotopic (exact) mass is 114 g/mol. The number of nitrogens with zero attached hydrogens (tertiary/aromatic N) is 2. The predicted molar refractivity (Wildman–Crippen MR) is 37.1 cm³/mol. The smallest absolute Gasteiger partial charge is 0.0346 e. The van der Waals surface area contributed by atoms with Gasteiger partial charge < -0.3 is 5.01 Å². The maximum atomic E-state index is 4.15. The van der Waals surface area contributed by atoms with Crippen molar-refractivity contribution in [2.24, 2.45) is 5.10 Å². The first-order valence-electron chi connectivity index (χ1n) is 2.88. The molecule has 0 saturated heterocycles. The fraction of sp³-hybridized carbons (Fsp3) is 0.833. The van der Waals surface area contributed by atoms with Crippen LogP contribution in [0.1, 0.15) is 20.3 Å². The summed E-state index contributed by atoms with van der Waals surface area (Å²) in [5, 5.41) is 5.96. The lowest BCUT2D eigenvalue weighted by Crippen LogP contribution is -2.05. The molecule has 0 radical (unpaired) electrons. The molecule has 0 saturated carbocycles. The first kappa shape index (κ1) is 7.47. The number of hydrogen-bond acceptors (Lipinski definition) is 2. The van der Waals surface area contributed by atoms with Crippen LogP contribution in [0.4, 0.5) is 0 Å². The normalized spacial score (nSPS) is 11.8. The zero-order valence-electron chi connectivity index (χ0n) is 6.10. The maximum Gasteiger partial charge on any atom is 0.0346 e. The quantitative estimate of drug-likeness (QED) is 0.390. The Morgan fingerprint density at radius 3 is 2.12 bits per heavy atom. The number of hydrazone groups is 1. The van der Waals surface area contributed by atoms with Crippen molar-refractivity contribution in [1.29, 1.82) is 0 Å². The molecule has 0 unspecified atom stereocenters. The van der Waals surface area contributed by atoms with Crippen molar-refractivity contribution in [3.05, 3.63) is 0 Å². The van der Waals surface area contributed by atoms with E-state index in [-0.39, 0.29) is 0 Å². The van der Waals surface area contributed by atoms with Gasteiger partial charge in [0.05, 0.1) is 0 Å². The van der Waals surface area contributed by atoms with Gasteiger partial charge in [-0.25, -0.2) is 0 Å². The summed E-state index contributed by atoms with van der Waals surface area (Å²) >= 11 is 0. The molecule has 0 rings (SSSR count). The molecule has 0 aliphatic heterocycles. The lowest BCUT2D eigenvalue weighted by Gasteiger charge is -2.04. The minimum absolute atomic E-state index is 1.04. The molecule has 0 fully saturated rings. The molecule has 0 aromatic heterocycles. The molecule has 0 spiro atoms. The number of hydrogen-bond donors (Lipinski definition) is 0. The molecule has 0 bridgehead atoms. The van der Waals surface area contributed by atoms with Gasteiger partial charge >= 0.3 is 0 Å². The Balaban J connectivity index is 3.56. The highest BCUT2D eigenvalue weighted by Gasteiger charge is 1.83. The molecule has 0 amide bonds. The summed E-state index contributed by atoms with van der Waals surface area (Å²) in [4.78, 5) is 0. The topological polar surface area (TPSA) is 15.6 Å². The highest BCUT2D eigenvalue weighted by Crippen LogP contribution is 1.84. The Kier molecular flexibility index (Phi) is 3.24. The molecular formula is C6H14N2. The molecule has 0 aliphatic rings. The second-order valence-corrected chi connectivity index (χ2v) is 2.04.